The van der Waals surface area contributed by atoms with Gasteiger partial charge in [0, 0.05) is 0 Å². The molecule has 2 aromatic carbocycles. The Kier molecular flexibility index (Phi) is 15.7. The van der Waals surface area contributed by atoms with Crippen LogP contribution in [0.3, 0.4) is 0 Å². The zero-order chi connectivity index (χ0) is 34.7. The van der Waals surface area contributed by atoms with Gasteiger partial charge in [0.1, 0.15) is 23.0 Å². The number of hydrogen-bond acceptors (Lipinski definition) is 8. The van der Waals surface area contributed by atoms with Gasteiger partial charge in [0.05, 0.1) is 13.2 Å². The maximum absolute atomic E-state index is 11.9. The first-order valence-corrected chi connectivity index (χ1v) is 18.2. The Balaban J connectivity index is 0.000000842. The van der Waals surface area contributed by atoms with Crippen molar-refractivity contribution in [2.45, 2.75) is 130 Å². The number of aromatic hydroxyl groups is 2. The van der Waals surface area contributed by atoms with Gasteiger partial charge in [0.2, 0.25) is 0 Å². The average molecular weight is 699 g/mol. The van der Waals surface area contributed by atoms with Gasteiger partial charge in [-0.2, -0.15) is 16.8 Å². The van der Waals surface area contributed by atoms with Crippen LogP contribution >= 0.6 is 0 Å². The van der Waals surface area contributed by atoms with Crippen LogP contribution in [0.4, 0.5) is 0 Å². The van der Waals surface area contributed by atoms with E-state index in [0.717, 1.165) is 22.3 Å². The Morgan fingerprint density at radius 1 is 0.511 bits per heavy atom. The Morgan fingerprint density at radius 3 is 0.867 bits per heavy atom. The summed E-state index contributed by atoms with van der Waals surface area (Å²) in [7, 11) is -7.21. The van der Waals surface area contributed by atoms with Crippen LogP contribution in [0.25, 0.3) is 0 Å². The van der Waals surface area contributed by atoms with Gasteiger partial charge in [-0.3, -0.25) is 8.37 Å². The normalized spacial score (nSPS) is 13.1. The van der Waals surface area contributed by atoms with Crippen molar-refractivity contribution in [1.29, 1.82) is 0 Å². The van der Waals surface area contributed by atoms with Gasteiger partial charge < -0.3 is 10.2 Å². The molecular weight excluding hydrogens is 641 g/mol. The van der Waals surface area contributed by atoms with Gasteiger partial charge in [0.25, 0.3) is 20.2 Å². The summed E-state index contributed by atoms with van der Waals surface area (Å²) >= 11 is 0. The van der Waals surface area contributed by atoms with E-state index in [9.17, 15) is 27.0 Å². The van der Waals surface area contributed by atoms with Crippen molar-refractivity contribution in [3.8, 4) is 11.5 Å². The molecule has 256 valence electrons. The molecule has 0 atom stereocenters. The number of hydrogen-bond donors (Lipinski definition) is 2. The molecule has 0 heterocycles. The Bertz CT molecular complexity index is 1320. The number of benzene rings is 2. The van der Waals surface area contributed by atoms with Crippen LogP contribution in [-0.2, 0) is 61.8 Å². The molecule has 2 rings (SSSR count). The van der Waals surface area contributed by atoms with Crippen molar-refractivity contribution in [3.63, 3.8) is 0 Å². The van der Waals surface area contributed by atoms with Crippen LogP contribution in [0.2, 0.25) is 0 Å². The summed E-state index contributed by atoms with van der Waals surface area (Å²) in [4.78, 5) is 0. The third-order valence-corrected chi connectivity index (χ3v) is 9.42. The third kappa shape index (κ3) is 13.6. The number of rotatable bonds is 8. The fourth-order valence-corrected chi connectivity index (χ4v) is 6.73. The van der Waals surface area contributed by atoms with Crippen LogP contribution in [-0.4, -0.2) is 78.0 Å². The van der Waals surface area contributed by atoms with Crippen molar-refractivity contribution in [1.82, 2.24) is 0 Å². The molecule has 0 aromatic heterocycles. The molecule has 0 aliphatic heterocycles. The second-order valence-corrected chi connectivity index (χ2v) is 18.6. The van der Waals surface area contributed by atoms with Gasteiger partial charge in [0.15, 0.2) is 0 Å². The summed E-state index contributed by atoms with van der Waals surface area (Å²) < 4.78 is 57.3. The number of phenols is 2. The Morgan fingerprint density at radius 2 is 0.711 bits per heavy atom. The van der Waals surface area contributed by atoms with Crippen molar-refractivity contribution >= 4 is 58.0 Å². The van der Waals surface area contributed by atoms with E-state index in [1.807, 2.05) is 83.1 Å². The standard InChI is InChI=1S/2C17H28O4S.Ca.2H/c2*1-8-21-22(19,20)11-12-9-13(16(2,3)4)15(18)14(10-12)17(5,6)7;;;/h2*9-10,18H,8,11H2,1-7H3;;;. The fourth-order valence-electron chi connectivity index (χ4n) is 4.69. The van der Waals surface area contributed by atoms with E-state index in [4.69, 9.17) is 8.37 Å². The van der Waals surface area contributed by atoms with E-state index in [0.29, 0.717) is 11.1 Å². The van der Waals surface area contributed by atoms with Gasteiger partial charge in [-0.25, -0.2) is 0 Å². The summed E-state index contributed by atoms with van der Waals surface area (Å²) in [5.74, 6) is 0.121. The van der Waals surface area contributed by atoms with E-state index in [2.05, 4.69) is 0 Å². The first-order valence-electron chi connectivity index (χ1n) is 15.0. The predicted octanol–water partition coefficient (Wildman–Crippen LogP) is 6.79. The first kappa shape index (κ1) is 44.1. The first-order chi connectivity index (χ1) is 19.6. The second-order valence-electron chi connectivity index (χ2n) is 15.3. The minimum atomic E-state index is -3.60. The van der Waals surface area contributed by atoms with Crippen molar-refractivity contribution in [2.75, 3.05) is 13.2 Å². The summed E-state index contributed by atoms with van der Waals surface area (Å²) in [5, 5.41) is 21.2. The molecule has 11 heteroatoms. The van der Waals surface area contributed by atoms with E-state index >= 15 is 0 Å². The molecule has 8 nitrogen and oxygen atoms in total. The SMILES string of the molecule is CCOS(=O)(=O)Cc1cc(C(C)(C)C)c(O)c(C(C)(C)C)c1.CCOS(=O)(=O)Cc1cc(C(C)(C)C)c(O)c(C(C)(C)C)c1.[CaH2]. The molecule has 0 radical (unpaired) electrons. The zero-order valence-electron chi connectivity index (χ0n) is 29.3. The average Bonchev–Trinajstić information content (AvgIpc) is 2.78. The summed E-state index contributed by atoms with van der Waals surface area (Å²) in [6.45, 7) is 27.5. The predicted molar refractivity (Wildman–Crippen MR) is 188 cm³/mol. The molecular formula is C34H58CaO8S2. The molecule has 0 saturated carbocycles. The van der Waals surface area contributed by atoms with Gasteiger partial charge >= 0.3 is 37.7 Å². The molecule has 2 N–H and O–H groups in total. The quantitative estimate of drug-likeness (QED) is 0.228. The van der Waals surface area contributed by atoms with E-state index in [1.54, 1.807) is 38.1 Å². The van der Waals surface area contributed by atoms with Crippen molar-refractivity contribution in [3.05, 3.63) is 57.6 Å². The van der Waals surface area contributed by atoms with E-state index < -0.39 is 20.2 Å². The fraction of sp³-hybridized carbons (Fsp3) is 0.647. The molecule has 2 aromatic rings. The number of phenolic OH excluding ortho intramolecular Hbond substituents is 2. The van der Waals surface area contributed by atoms with E-state index in [1.165, 1.54) is 0 Å². The molecule has 0 unspecified atom stereocenters. The summed E-state index contributed by atoms with van der Waals surface area (Å²) in [5.41, 5.74) is 3.16. The molecule has 0 bridgehead atoms. The Labute approximate surface area is 303 Å². The molecule has 0 spiro atoms. The molecule has 45 heavy (non-hydrogen) atoms. The second kappa shape index (κ2) is 16.0. The summed E-state index contributed by atoms with van der Waals surface area (Å²) in [6, 6.07) is 7.06. The van der Waals surface area contributed by atoms with Crippen LogP contribution in [0, 0.1) is 0 Å². The van der Waals surface area contributed by atoms with Crippen LogP contribution < -0.4 is 0 Å². The summed E-state index contributed by atoms with van der Waals surface area (Å²) in [6.07, 6.45) is 0. The van der Waals surface area contributed by atoms with Crippen molar-refractivity contribution < 1.29 is 35.4 Å². The van der Waals surface area contributed by atoms with Gasteiger partial charge in [-0.15, -0.1) is 0 Å². The third-order valence-electron chi connectivity index (χ3n) is 6.85. The van der Waals surface area contributed by atoms with Crippen LogP contribution in [0.15, 0.2) is 24.3 Å². The zero-order valence-corrected chi connectivity index (χ0v) is 30.9. The van der Waals surface area contributed by atoms with Gasteiger partial charge in [-0.05, 0) is 68.9 Å². The maximum atomic E-state index is 11.9. The van der Waals surface area contributed by atoms with Crippen LogP contribution in [0.1, 0.15) is 130 Å². The molecule has 0 fully saturated rings. The van der Waals surface area contributed by atoms with Gasteiger partial charge in [-0.1, -0.05) is 107 Å². The molecule has 0 aliphatic rings. The van der Waals surface area contributed by atoms with Crippen molar-refractivity contribution in [2.24, 2.45) is 0 Å². The van der Waals surface area contributed by atoms with E-state index in [-0.39, 0.29) is 95.6 Å². The Hall–Kier alpha value is -0.880. The minimum absolute atomic E-state index is 0. The molecule has 0 saturated heterocycles. The monoisotopic (exact) mass is 698 g/mol. The van der Waals surface area contributed by atoms with Crippen LogP contribution in [0.5, 0.6) is 11.5 Å². The molecule has 0 amide bonds. The topological polar surface area (TPSA) is 127 Å². The molecule has 0 aliphatic carbocycles.